The molecule has 0 aliphatic heterocycles. The van der Waals surface area contributed by atoms with Crippen molar-refractivity contribution in [2.75, 3.05) is 6.54 Å². The highest BCUT2D eigenvalue weighted by molar-refractivity contribution is 7.15. The van der Waals surface area contributed by atoms with Crippen LogP contribution in [0.15, 0.2) is 29.0 Å². The van der Waals surface area contributed by atoms with Crippen LogP contribution in [-0.4, -0.2) is 21.8 Å². The zero-order chi connectivity index (χ0) is 14.9. The van der Waals surface area contributed by atoms with Crippen molar-refractivity contribution in [3.05, 3.63) is 45.8 Å². The van der Waals surface area contributed by atoms with Crippen molar-refractivity contribution < 1.29 is 4.79 Å². The molecule has 0 aliphatic carbocycles. The van der Waals surface area contributed by atoms with Gasteiger partial charge in [-0.05, 0) is 0 Å². The van der Waals surface area contributed by atoms with Crippen LogP contribution < -0.4 is 10.9 Å². The summed E-state index contributed by atoms with van der Waals surface area (Å²) in [4.78, 5) is 29.2. The standard InChI is InChI=1S/C14H17N3O2S/c1-5-6-15-11(18)9-7-16-13-17(12(9)19)10(8-20-13)14(2,3)4/h5,7-8H,1,6H2,2-4H3,(H,15,18). The largest absolute Gasteiger partial charge is 0.348 e. The molecule has 0 unspecified atom stereocenters. The number of rotatable bonds is 3. The molecule has 1 amide bonds. The summed E-state index contributed by atoms with van der Waals surface area (Å²) in [5.41, 5.74) is 0.379. The first kappa shape index (κ1) is 14.5. The lowest BCUT2D eigenvalue weighted by atomic mass is 9.93. The van der Waals surface area contributed by atoms with Gasteiger partial charge in [-0.25, -0.2) is 4.98 Å². The number of nitrogens with zero attached hydrogens (tertiary/aromatic N) is 2. The Kier molecular flexibility index (Phi) is 3.76. The van der Waals surface area contributed by atoms with E-state index in [2.05, 4.69) is 16.9 Å². The Morgan fingerprint density at radius 1 is 1.55 bits per heavy atom. The maximum absolute atomic E-state index is 12.5. The molecule has 2 aromatic heterocycles. The molecule has 20 heavy (non-hydrogen) atoms. The molecule has 2 heterocycles. The van der Waals surface area contributed by atoms with Crippen molar-refractivity contribution in [1.29, 1.82) is 0 Å². The molecule has 2 rings (SSSR count). The van der Waals surface area contributed by atoms with Crippen molar-refractivity contribution in [2.45, 2.75) is 26.2 Å². The van der Waals surface area contributed by atoms with Crippen molar-refractivity contribution in [3.8, 4) is 0 Å². The Bertz CT molecular complexity index is 722. The number of thiazole rings is 1. The van der Waals surface area contributed by atoms with Gasteiger partial charge in [-0.1, -0.05) is 26.8 Å². The number of hydrogen-bond acceptors (Lipinski definition) is 4. The molecule has 0 radical (unpaired) electrons. The molecule has 0 atom stereocenters. The van der Waals surface area contributed by atoms with Crippen LogP contribution in [0, 0.1) is 0 Å². The van der Waals surface area contributed by atoms with Crippen LogP contribution in [0.2, 0.25) is 0 Å². The van der Waals surface area contributed by atoms with Crippen molar-refractivity contribution in [1.82, 2.24) is 14.7 Å². The van der Waals surface area contributed by atoms with Gasteiger partial charge < -0.3 is 5.32 Å². The predicted octanol–water partition coefficient (Wildman–Crippen LogP) is 1.97. The van der Waals surface area contributed by atoms with Crippen LogP contribution >= 0.6 is 11.3 Å². The summed E-state index contributed by atoms with van der Waals surface area (Å²) in [7, 11) is 0. The molecule has 0 saturated heterocycles. The van der Waals surface area contributed by atoms with Crippen LogP contribution in [-0.2, 0) is 5.41 Å². The van der Waals surface area contributed by atoms with Crippen molar-refractivity contribution in [3.63, 3.8) is 0 Å². The second-order valence-corrected chi connectivity index (χ2v) is 6.30. The molecule has 1 N–H and O–H groups in total. The lowest BCUT2D eigenvalue weighted by Gasteiger charge is -2.17. The molecular formula is C14H17N3O2S. The normalized spacial score (nSPS) is 11.6. The molecule has 6 heteroatoms. The molecule has 0 bridgehead atoms. The van der Waals surface area contributed by atoms with Crippen LogP contribution in [0.1, 0.15) is 36.8 Å². The first-order chi connectivity index (χ1) is 9.36. The zero-order valence-corrected chi connectivity index (χ0v) is 12.6. The third kappa shape index (κ3) is 2.51. The maximum atomic E-state index is 12.5. The fourth-order valence-corrected chi connectivity index (χ4v) is 2.90. The lowest BCUT2D eigenvalue weighted by Crippen LogP contribution is -2.33. The van der Waals surface area contributed by atoms with Crippen LogP contribution in [0.3, 0.4) is 0 Å². The van der Waals surface area contributed by atoms with E-state index in [0.717, 1.165) is 5.69 Å². The minimum Gasteiger partial charge on any atom is -0.348 e. The van der Waals surface area contributed by atoms with E-state index in [1.165, 1.54) is 21.9 Å². The first-order valence-electron chi connectivity index (χ1n) is 6.25. The number of carbonyl (C=O) groups excluding carboxylic acids is 1. The molecule has 0 aliphatic rings. The molecule has 106 valence electrons. The van der Waals surface area contributed by atoms with Crippen molar-refractivity contribution in [2.24, 2.45) is 0 Å². The van der Waals surface area contributed by atoms with Crippen LogP contribution in [0.4, 0.5) is 0 Å². The van der Waals surface area contributed by atoms with E-state index < -0.39 is 5.91 Å². The summed E-state index contributed by atoms with van der Waals surface area (Å²) < 4.78 is 1.52. The highest BCUT2D eigenvalue weighted by Crippen LogP contribution is 2.25. The summed E-state index contributed by atoms with van der Waals surface area (Å²) in [6, 6.07) is 0. The van der Waals surface area contributed by atoms with Gasteiger partial charge in [-0.15, -0.1) is 17.9 Å². The number of aromatic nitrogens is 2. The number of amides is 1. The highest BCUT2D eigenvalue weighted by atomic mass is 32.1. The molecule has 0 fully saturated rings. The zero-order valence-electron chi connectivity index (χ0n) is 11.8. The van der Waals surface area contributed by atoms with E-state index >= 15 is 0 Å². The number of nitrogens with one attached hydrogen (secondary N) is 1. The van der Waals surface area contributed by atoms with Gasteiger partial charge in [0.05, 0.1) is 0 Å². The third-order valence-electron chi connectivity index (χ3n) is 2.87. The van der Waals surface area contributed by atoms with Gasteiger partial charge in [0.2, 0.25) is 0 Å². The van der Waals surface area contributed by atoms with Gasteiger partial charge in [0.15, 0.2) is 4.96 Å². The van der Waals surface area contributed by atoms with Gasteiger partial charge in [0.25, 0.3) is 11.5 Å². The summed E-state index contributed by atoms with van der Waals surface area (Å²) in [6.07, 6.45) is 2.89. The van der Waals surface area contributed by atoms with E-state index in [1.54, 1.807) is 6.08 Å². The van der Waals surface area contributed by atoms with E-state index in [4.69, 9.17) is 0 Å². The Labute approximate surface area is 121 Å². The smallest absolute Gasteiger partial charge is 0.271 e. The van der Waals surface area contributed by atoms with Gasteiger partial charge in [0, 0.05) is 29.2 Å². The van der Waals surface area contributed by atoms with E-state index in [9.17, 15) is 9.59 Å². The molecule has 0 saturated carbocycles. The molecule has 0 aromatic carbocycles. The van der Waals surface area contributed by atoms with Crippen LogP contribution in [0.25, 0.3) is 4.96 Å². The monoisotopic (exact) mass is 291 g/mol. The third-order valence-corrected chi connectivity index (χ3v) is 3.71. The van der Waals surface area contributed by atoms with Crippen LogP contribution in [0.5, 0.6) is 0 Å². The number of fused-ring (bicyclic) bond motifs is 1. The molecular weight excluding hydrogens is 274 g/mol. The fraction of sp³-hybridized carbons (Fsp3) is 0.357. The van der Waals surface area contributed by atoms with Crippen molar-refractivity contribution >= 4 is 22.2 Å². The van der Waals surface area contributed by atoms with E-state index in [0.29, 0.717) is 11.5 Å². The fourth-order valence-electron chi connectivity index (χ4n) is 1.82. The molecule has 0 spiro atoms. The maximum Gasteiger partial charge on any atom is 0.271 e. The highest BCUT2D eigenvalue weighted by Gasteiger charge is 2.22. The quantitative estimate of drug-likeness (QED) is 0.879. The number of hydrogen-bond donors (Lipinski definition) is 1. The molecule has 2 aromatic rings. The average molecular weight is 291 g/mol. The van der Waals surface area contributed by atoms with E-state index in [1.807, 2.05) is 26.2 Å². The summed E-state index contributed by atoms with van der Waals surface area (Å²) in [5.74, 6) is -0.428. The predicted molar refractivity (Wildman–Crippen MR) is 80.6 cm³/mol. The Morgan fingerprint density at radius 2 is 2.25 bits per heavy atom. The minimum absolute atomic E-state index is 0.0493. The minimum atomic E-state index is -0.428. The van der Waals surface area contributed by atoms with Gasteiger partial charge in [-0.3, -0.25) is 14.0 Å². The average Bonchev–Trinajstić information content (AvgIpc) is 2.81. The summed E-state index contributed by atoms with van der Waals surface area (Å²) in [5, 5.41) is 4.51. The summed E-state index contributed by atoms with van der Waals surface area (Å²) in [6.45, 7) is 9.90. The Hall–Kier alpha value is -1.95. The second kappa shape index (κ2) is 5.20. The van der Waals surface area contributed by atoms with Gasteiger partial charge in [0.1, 0.15) is 5.56 Å². The Morgan fingerprint density at radius 3 is 2.85 bits per heavy atom. The first-order valence-corrected chi connectivity index (χ1v) is 7.13. The SMILES string of the molecule is C=CCNC(=O)c1cnc2scc(C(C)(C)C)n2c1=O. The second-order valence-electron chi connectivity index (χ2n) is 5.46. The van der Waals surface area contributed by atoms with Gasteiger partial charge in [-0.2, -0.15) is 0 Å². The van der Waals surface area contributed by atoms with Gasteiger partial charge >= 0.3 is 0 Å². The lowest BCUT2D eigenvalue weighted by molar-refractivity contribution is 0.0956. The summed E-state index contributed by atoms with van der Waals surface area (Å²) >= 11 is 1.40. The topological polar surface area (TPSA) is 63.5 Å². The Balaban J connectivity index is 2.61. The van der Waals surface area contributed by atoms with E-state index in [-0.39, 0.29) is 16.5 Å². The molecule has 5 nitrogen and oxygen atoms in total. The number of carbonyl (C=O) groups is 1.